The molecular weight excluding hydrogens is 380 g/mol. The third-order valence-corrected chi connectivity index (χ3v) is 5.73. The van der Waals surface area contributed by atoms with Crippen molar-refractivity contribution in [2.75, 3.05) is 7.11 Å². The van der Waals surface area contributed by atoms with Crippen molar-refractivity contribution in [2.45, 2.75) is 39.5 Å². The van der Waals surface area contributed by atoms with Gasteiger partial charge in [-0.05, 0) is 58.4 Å². The first-order chi connectivity index (χ1) is 15.0. The van der Waals surface area contributed by atoms with Crippen molar-refractivity contribution in [1.29, 1.82) is 0 Å². The molecular formula is C28H30N2O. The number of imidazole rings is 1. The highest BCUT2D eigenvalue weighted by Gasteiger charge is 2.20. The van der Waals surface area contributed by atoms with Gasteiger partial charge >= 0.3 is 0 Å². The van der Waals surface area contributed by atoms with E-state index in [1.165, 1.54) is 27.9 Å². The molecule has 0 aliphatic rings. The second-order valence-corrected chi connectivity index (χ2v) is 8.53. The minimum atomic E-state index is 0.372. The monoisotopic (exact) mass is 410 g/mol. The van der Waals surface area contributed by atoms with Crippen molar-refractivity contribution in [2.24, 2.45) is 0 Å². The van der Waals surface area contributed by atoms with Gasteiger partial charge in [0, 0.05) is 18.0 Å². The minimum Gasteiger partial charge on any atom is -0.497 e. The lowest BCUT2D eigenvalue weighted by atomic mass is 9.88. The van der Waals surface area contributed by atoms with Gasteiger partial charge in [-0.25, -0.2) is 4.98 Å². The van der Waals surface area contributed by atoms with Crippen LogP contribution in [0.3, 0.4) is 0 Å². The SMILES string of the molecule is COc1cccc(-c2nccn2-c2c(C(C)C)cc(-c3ccccc3)cc2C(C)C)c1. The summed E-state index contributed by atoms with van der Waals surface area (Å²) in [4.78, 5) is 4.73. The number of hydrogen-bond acceptors (Lipinski definition) is 2. The van der Waals surface area contributed by atoms with Crippen LogP contribution >= 0.6 is 0 Å². The first kappa shape index (κ1) is 20.9. The van der Waals surface area contributed by atoms with Crippen LogP contribution < -0.4 is 4.74 Å². The van der Waals surface area contributed by atoms with Gasteiger partial charge in [-0.2, -0.15) is 0 Å². The molecule has 4 aromatic rings. The van der Waals surface area contributed by atoms with Gasteiger partial charge in [-0.1, -0.05) is 70.2 Å². The van der Waals surface area contributed by atoms with Gasteiger partial charge in [-0.15, -0.1) is 0 Å². The molecule has 3 heteroatoms. The summed E-state index contributed by atoms with van der Waals surface area (Å²) in [5.74, 6) is 2.50. The Morgan fingerprint density at radius 3 is 2.00 bits per heavy atom. The summed E-state index contributed by atoms with van der Waals surface area (Å²) in [5.41, 5.74) is 7.44. The molecule has 0 spiro atoms. The Hall–Kier alpha value is -3.33. The zero-order valence-electron chi connectivity index (χ0n) is 19.0. The van der Waals surface area contributed by atoms with Gasteiger partial charge in [0.25, 0.3) is 0 Å². The van der Waals surface area contributed by atoms with E-state index in [2.05, 4.69) is 87.0 Å². The van der Waals surface area contributed by atoms with Crippen LogP contribution in [-0.4, -0.2) is 16.7 Å². The van der Waals surface area contributed by atoms with E-state index in [0.29, 0.717) is 11.8 Å². The number of aromatic nitrogens is 2. The minimum absolute atomic E-state index is 0.372. The molecule has 0 amide bonds. The topological polar surface area (TPSA) is 27.1 Å². The average molecular weight is 411 g/mol. The fourth-order valence-corrected chi connectivity index (χ4v) is 4.10. The first-order valence-corrected chi connectivity index (χ1v) is 10.9. The fourth-order valence-electron chi connectivity index (χ4n) is 4.10. The highest BCUT2D eigenvalue weighted by Crippen LogP contribution is 2.38. The van der Waals surface area contributed by atoms with Crippen molar-refractivity contribution in [3.05, 3.63) is 90.3 Å². The van der Waals surface area contributed by atoms with Crippen LogP contribution in [0.4, 0.5) is 0 Å². The molecule has 0 aliphatic heterocycles. The summed E-state index contributed by atoms with van der Waals surface area (Å²) >= 11 is 0. The van der Waals surface area contributed by atoms with Crippen LogP contribution in [0, 0.1) is 0 Å². The molecule has 31 heavy (non-hydrogen) atoms. The first-order valence-electron chi connectivity index (χ1n) is 10.9. The molecule has 158 valence electrons. The maximum Gasteiger partial charge on any atom is 0.144 e. The van der Waals surface area contributed by atoms with Crippen LogP contribution in [0.25, 0.3) is 28.2 Å². The maximum atomic E-state index is 5.45. The molecule has 0 saturated heterocycles. The Balaban J connectivity index is 1.96. The number of benzene rings is 3. The van der Waals surface area contributed by atoms with Gasteiger partial charge in [0.05, 0.1) is 12.8 Å². The summed E-state index contributed by atoms with van der Waals surface area (Å²) in [6.07, 6.45) is 3.96. The zero-order valence-corrected chi connectivity index (χ0v) is 19.0. The predicted octanol–water partition coefficient (Wildman–Crippen LogP) is 7.46. The molecule has 0 aliphatic carbocycles. The molecule has 1 aromatic heterocycles. The predicted molar refractivity (Wildman–Crippen MR) is 129 cm³/mol. The standard InChI is InChI=1S/C28H30N2O/c1-19(2)25-17-23(21-10-7-6-8-11-21)18-26(20(3)4)27(25)30-15-14-29-28(30)22-12-9-13-24(16-22)31-5/h6-20H,1-5H3. The smallest absolute Gasteiger partial charge is 0.144 e. The summed E-state index contributed by atoms with van der Waals surface area (Å²) in [6.45, 7) is 9.06. The summed E-state index contributed by atoms with van der Waals surface area (Å²) in [7, 11) is 1.70. The van der Waals surface area contributed by atoms with Gasteiger partial charge in [0.2, 0.25) is 0 Å². The summed E-state index contributed by atoms with van der Waals surface area (Å²) < 4.78 is 7.69. The highest BCUT2D eigenvalue weighted by atomic mass is 16.5. The van der Waals surface area contributed by atoms with Crippen LogP contribution in [0.2, 0.25) is 0 Å². The van der Waals surface area contributed by atoms with Gasteiger partial charge < -0.3 is 4.74 Å². The molecule has 0 bridgehead atoms. The lowest BCUT2D eigenvalue weighted by Gasteiger charge is -2.23. The molecule has 4 rings (SSSR count). The van der Waals surface area contributed by atoms with Gasteiger partial charge in [-0.3, -0.25) is 4.57 Å². The molecule has 0 saturated carbocycles. The molecule has 0 radical (unpaired) electrons. The molecule has 0 atom stereocenters. The van der Waals surface area contributed by atoms with Gasteiger partial charge in [0.1, 0.15) is 11.6 Å². The highest BCUT2D eigenvalue weighted by molar-refractivity contribution is 5.71. The van der Waals surface area contributed by atoms with E-state index >= 15 is 0 Å². The van der Waals surface area contributed by atoms with E-state index in [1.807, 2.05) is 24.4 Å². The largest absolute Gasteiger partial charge is 0.497 e. The molecule has 3 nitrogen and oxygen atoms in total. The number of rotatable bonds is 6. The third-order valence-electron chi connectivity index (χ3n) is 5.73. The summed E-state index contributed by atoms with van der Waals surface area (Å²) in [5, 5.41) is 0. The van der Waals surface area contributed by atoms with E-state index in [0.717, 1.165) is 17.1 Å². The number of methoxy groups -OCH3 is 1. The average Bonchev–Trinajstić information content (AvgIpc) is 3.28. The fraction of sp³-hybridized carbons (Fsp3) is 0.250. The Bertz CT molecular complexity index is 1140. The Kier molecular flexibility index (Phi) is 5.94. The summed E-state index contributed by atoms with van der Waals surface area (Å²) in [6, 6.07) is 23.4. The third kappa shape index (κ3) is 4.13. The van der Waals surface area contributed by atoms with Crippen molar-refractivity contribution in [3.8, 4) is 34.0 Å². The normalized spacial score (nSPS) is 11.3. The maximum absolute atomic E-state index is 5.45. The van der Waals surface area contributed by atoms with Crippen molar-refractivity contribution in [3.63, 3.8) is 0 Å². The van der Waals surface area contributed by atoms with Crippen molar-refractivity contribution < 1.29 is 4.74 Å². The lowest BCUT2D eigenvalue weighted by Crippen LogP contribution is -2.08. The molecule has 0 unspecified atom stereocenters. The zero-order chi connectivity index (χ0) is 22.0. The number of nitrogens with zero attached hydrogens (tertiary/aromatic N) is 2. The Morgan fingerprint density at radius 2 is 1.39 bits per heavy atom. The van der Waals surface area contributed by atoms with E-state index in [-0.39, 0.29) is 0 Å². The number of ether oxygens (including phenoxy) is 1. The Labute approximate surface area is 185 Å². The van der Waals surface area contributed by atoms with E-state index in [4.69, 9.17) is 9.72 Å². The lowest BCUT2D eigenvalue weighted by molar-refractivity contribution is 0.415. The molecule has 1 heterocycles. The van der Waals surface area contributed by atoms with Crippen LogP contribution in [0.5, 0.6) is 5.75 Å². The second-order valence-electron chi connectivity index (χ2n) is 8.53. The second kappa shape index (κ2) is 8.81. The van der Waals surface area contributed by atoms with E-state index in [9.17, 15) is 0 Å². The quantitative estimate of drug-likeness (QED) is 0.330. The van der Waals surface area contributed by atoms with Crippen molar-refractivity contribution in [1.82, 2.24) is 9.55 Å². The molecule has 0 fully saturated rings. The van der Waals surface area contributed by atoms with Crippen LogP contribution in [0.15, 0.2) is 79.1 Å². The van der Waals surface area contributed by atoms with E-state index < -0.39 is 0 Å². The van der Waals surface area contributed by atoms with Crippen molar-refractivity contribution >= 4 is 0 Å². The molecule has 3 aromatic carbocycles. The van der Waals surface area contributed by atoms with E-state index in [1.54, 1.807) is 7.11 Å². The molecule has 0 N–H and O–H groups in total. The van der Waals surface area contributed by atoms with Crippen LogP contribution in [-0.2, 0) is 0 Å². The number of hydrogen-bond donors (Lipinski definition) is 0. The van der Waals surface area contributed by atoms with Crippen LogP contribution in [0.1, 0.15) is 50.7 Å². The Morgan fingerprint density at radius 1 is 0.742 bits per heavy atom. The van der Waals surface area contributed by atoms with Gasteiger partial charge in [0.15, 0.2) is 0 Å².